The van der Waals surface area contributed by atoms with Crippen LogP contribution in [0.25, 0.3) is 0 Å². The lowest BCUT2D eigenvalue weighted by molar-refractivity contribution is -0.139. The Morgan fingerprint density at radius 1 is 0.677 bits per heavy atom. The normalized spacial score (nSPS) is 21.2. The molecular weight excluding hydrogens is 785 g/mol. The van der Waals surface area contributed by atoms with Crippen molar-refractivity contribution in [2.24, 2.45) is 5.92 Å². The fourth-order valence-corrected chi connectivity index (χ4v) is 9.03. The van der Waals surface area contributed by atoms with Crippen molar-refractivity contribution in [2.75, 3.05) is 42.8 Å². The summed E-state index contributed by atoms with van der Waals surface area (Å²) in [4.78, 5) is 71.7. The van der Waals surface area contributed by atoms with Gasteiger partial charge >= 0.3 is 6.09 Å². The molecule has 3 N–H and O–H groups in total. The molecule has 6 rings (SSSR count). The fraction of sp³-hybridized carbons (Fsp3) is 0.510. The number of anilines is 3. The highest BCUT2D eigenvalue weighted by molar-refractivity contribution is 6.00. The van der Waals surface area contributed by atoms with Gasteiger partial charge < -0.3 is 40.1 Å². The Kier molecular flexibility index (Phi) is 14.7. The van der Waals surface area contributed by atoms with E-state index in [1.165, 1.54) is 12.7 Å². The molecule has 3 fully saturated rings. The molecule has 0 saturated carbocycles. The molecule has 1 radical (unpaired) electrons. The van der Waals surface area contributed by atoms with Crippen molar-refractivity contribution in [1.29, 1.82) is 0 Å². The van der Waals surface area contributed by atoms with Crippen LogP contribution in [0.2, 0.25) is 0 Å². The molecule has 3 aliphatic rings. The lowest BCUT2D eigenvalue weighted by Gasteiger charge is -2.34. The van der Waals surface area contributed by atoms with Crippen LogP contribution < -0.4 is 20.9 Å². The monoisotopic (exact) mass is 849 g/mol. The minimum Gasteiger partial charge on any atom is -0.453 e. The molecule has 62 heavy (non-hydrogen) atoms. The molecule has 0 bridgehead atoms. The Morgan fingerprint density at radius 3 is 1.61 bits per heavy atom. The van der Waals surface area contributed by atoms with Gasteiger partial charge in [-0.3, -0.25) is 19.2 Å². The third-order valence-electron chi connectivity index (χ3n) is 12.9. The lowest BCUT2D eigenvalue weighted by Crippen LogP contribution is -2.54. The maximum absolute atomic E-state index is 13.7. The van der Waals surface area contributed by atoms with E-state index >= 15 is 0 Å². The fourth-order valence-electron chi connectivity index (χ4n) is 9.03. The first-order valence-electron chi connectivity index (χ1n) is 22.0. The molecule has 333 valence electrons. The first-order valence-corrected chi connectivity index (χ1v) is 22.0. The van der Waals surface area contributed by atoms with Crippen molar-refractivity contribution in [3.8, 4) is 0 Å². The summed E-state index contributed by atoms with van der Waals surface area (Å²) in [5, 5.41) is 8.75. The van der Waals surface area contributed by atoms with Gasteiger partial charge in [0, 0.05) is 37.3 Å². The van der Waals surface area contributed by atoms with Gasteiger partial charge in [-0.2, -0.15) is 0 Å². The lowest BCUT2D eigenvalue weighted by atomic mass is 9.87. The largest absolute Gasteiger partial charge is 0.453 e. The molecule has 6 atom stereocenters. The molecule has 3 saturated heterocycles. The summed E-state index contributed by atoms with van der Waals surface area (Å²) in [6, 6.07) is 23.0. The highest BCUT2D eigenvalue weighted by Gasteiger charge is 2.41. The molecular formula is C49H65N6O7. The smallest absolute Gasteiger partial charge is 0.407 e. The molecule has 3 aromatic carbocycles. The van der Waals surface area contributed by atoms with Gasteiger partial charge in [-0.15, -0.1) is 0 Å². The van der Waals surface area contributed by atoms with Gasteiger partial charge in [-0.05, 0) is 117 Å². The Bertz CT molecular complexity index is 2050. The summed E-state index contributed by atoms with van der Waals surface area (Å²) in [7, 11) is 2.83. The van der Waals surface area contributed by atoms with Gasteiger partial charge in [0.15, 0.2) is 0 Å². The predicted molar refractivity (Wildman–Crippen MR) is 242 cm³/mol. The highest BCUT2D eigenvalue weighted by Crippen LogP contribution is 2.47. The molecule has 13 nitrogen and oxygen atoms in total. The van der Waals surface area contributed by atoms with Crippen molar-refractivity contribution in [3.63, 3.8) is 0 Å². The van der Waals surface area contributed by atoms with Gasteiger partial charge in [0.05, 0.1) is 31.2 Å². The van der Waals surface area contributed by atoms with Crippen molar-refractivity contribution < 1.29 is 33.4 Å². The average molecular weight is 850 g/mol. The summed E-state index contributed by atoms with van der Waals surface area (Å²) in [5.74, 6) is -0.497. The molecule has 3 heterocycles. The van der Waals surface area contributed by atoms with E-state index in [1.807, 2.05) is 45.0 Å². The Morgan fingerprint density at radius 2 is 1.16 bits per heavy atom. The second kappa shape index (κ2) is 19.7. The number of likely N-dealkylation sites (tertiary alicyclic amines) is 2. The van der Waals surface area contributed by atoms with Gasteiger partial charge in [0.25, 0.3) is 0 Å². The SMILES string of the molecule is COC(=O)NC(C(=O)N1CCCC1C(=O)Nc1ccc([C@@H]2CCC(c3ccc(NC(=O)[C@@H]4CCCN4C(=O)[C](C)[C@@H](C)OC)cc3)N2c2ccc(C(C)(C)C)cc2)cc1)C(C)C. The van der Waals surface area contributed by atoms with Crippen molar-refractivity contribution in [1.82, 2.24) is 15.1 Å². The van der Waals surface area contributed by atoms with E-state index in [1.54, 1.807) is 23.8 Å². The van der Waals surface area contributed by atoms with E-state index in [4.69, 9.17) is 9.47 Å². The van der Waals surface area contributed by atoms with Crippen LogP contribution >= 0.6 is 0 Å². The van der Waals surface area contributed by atoms with Crippen LogP contribution in [0.4, 0.5) is 21.9 Å². The zero-order valence-electron chi connectivity index (χ0n) is 37.8. The number of nitrogens with zero attached hydrogens (tertiary/aromatic N) is 3. The Hall–Kier alpha value is -5.43. The first-order chi connectivity index (χ1) is 29.5. The summed E-state index contributed by atoms with van der Waals surface area (Å²) in [5.41, 5.74) is 5.92. The van der Waals surface area contributed by atoms with Gasteiger partial charge in [-0.25, -0.2) is 4.79 Å². The molecule has 0 aromatic heterocycles. The molecule has 0 spiro atoms. The van der Waals surface area contributed by atoms with E-state index in [-0.39, 0.29) is 53.1 Å². The van der Waals surface area contributed by atoms with Crippen LogP contribution in [0, 0.1) is 11.8 Å². The van der Waals surface area contributed by atoms with Crippen LogP contribution in [0.15, 0.2) is 72.8 Å². The highest BCUT2D eigenvalue weighted by atomic mass is 16.5. The number of ether oxygens (including phenoxy) is 2. The second-order valence-electron chi connectivity index (χ2n) is 18.3. The Labute approximate surface area is 367 Å². The van der Waals surface area contributed by atoms with Crippen molar-refractivity contribution in [3.05, 3.63) is 95.4 Å². The topological polar surface area (TPSA) is 150 Å². The van der Waals surface area contributed by atoms with Crippen LogP contribution in [-0.4, -0.2) is 91.1 Å². The number of rotatable bonds is 13. The van der Waals surface area contributed by atoms with E-state index in [9.17, 15) is 24.0 Å². The van der Waals surface area contributed by atoms with E-state index < -0.39 is 24.2 Å². The number of hydrogen-bond donors (Lipinski definition) is 3. The third-order valence-corrected chi connectivity index (χ3v) is 12.9. The number of nitrogens with one attached hydrogen (secondary N) is 3. The number of carbonyl (C=O) groups is 5. The number of hydrogen-bond acceptors (Lipinski definition) is 8. The van der Waals surface area contributed by atoms with Crippen LogP contribution in [0.1, 0.15) is 116 Å². The average Bonchev–Trinajstić information content (AvgIpc) is 4.06. The van der Waals surface area contributed by atoms with E-state index in [2.05, 4.69) is 90.2 Å². The number of benzene rings is 3. The van der Waals surface area contributed by atoms with Crippen LogP contribution in [-0.2, 0) is 34.1 Å². The molecule has 3 aliphatic heterocycles. The summed E-state index contributed by atoms with van der Waals surface area (Å²) >= 11 is 0. The second-order valence-corrected chi connectivity index (χ2v) is 18.3. The van der Waals surface area contributed by atoms with Gasteiger partial charge in [0.1, 0.15) is 18.1 Å². The maximum atomic E-state index is 13.7. The molecule has 0 aliphatic carbocycles. The summed E-state index contributed by atoms with van der Waals surface area (Å²) in [6.45, 7) is 14.9. The van der Waals surface area contributed by atoms with Crippen LogP contribution in [0.5, 0.6) is 0 Å². The maximum Gasteiger partial charge on any atom is 0.407 e. The number of methoxy groups -OCH3 is 2. The summed E-state index contributed by atoms with van der Waals surface area (Å²) < 4.78 is 10.1. The van der Waals surface area contributed by atoms with E-state index in [0.717, 1.165) is 36.1 Å². The van der Waals surface area contributed by atoms with Gasteiger partial charge in [-0.1, -0.05) is 71.0 Å². The number of alkyl carbamates (subject to hydrolysis) is 1. The standard InChI is InChI=1S/C49H65N6O7/c1-30(2)43(52-48(60)62-9)47(59)54-29-11-13-42(54)45(57)51-37-22-16-34(17-23-37)40-27-26-39(55(40)38-24-18-35(19-25-38)49(5,6)7)33-14-20-36(21-15-33)50-44(56)41-12-10-28-53(41)46(58)31(3)32(4)61-8/h14-25,30,32,39-43H,10-13,26-29H2,1-9H3,(H,50,56)(H,51,57)(H,52,60)/t32-,39?,40+,41+,42?,43?/m1/s1. The zero-order chi connectivity index (χ0) is 44.9. The van der Waals surface area contributed by atoms with Gasteiger partial charge in [0.2, 0.25) is 23.6 Å². The minimum atomic E-state index is -0.804. The zero-order valence-corrected chi connectivity index (χ0v) is 37.8. The van der Waals surface area contributed by atoms with E-state index in [0.29, 0.717) is 49.6 Å². The number of carbonyl (C=O) groups excluding carboxylic acids is 5. The molecule has 13 heteroatoms. The predicted octanol–water partition coefficient (Wildman–Crippen LogP) is 7.94. The minimum absolute atomic E-state index is 0.00399. The molecule has 5 amide bonds. The van der Waals surface area contributed by atoms with Crippen LogP contribution in [0.3, 0.4) is 0 Å². The molecule has 3 unspecified atom stereocenters. The number of amides is 5. The van der Waals surface area contributed by atoms with Crippen molar-refractivity contribution in [2.45, 2.75) is 129 Å². The quantitative estimate of drug-likeness (QED) is 0.157. The summed E-state index contributed by atoms with van der Waals surface area (Å²) in [6.07, 6.45) is 3.39. The first kappa shape index (κ1) is 46.1. The Balaban J connectivity index is 1.17. The third kappa shape index (κ3) is 10.3. The van der Waals surface area contributed by atoms with Crippen molar-refractivity contribution >= 4 is 46.8 Å². The molecule has 3 aromatic rings.